The molecule has 1 N–H and O–H groups in total. The zero-order valence-electron chi connectivity index (χ0n) is 18.0. The number of hydrogen-bond donors (Lipinski definition) is 1. The van der Waals surface area contributed by atoms with Gasteiger partial charge in [0, 0.05) is 50.1 Å². The molecular formula is C26H23N5O2. The number of carbonyl (C=O) groups is 2. The molecule has 2 atom stereocenters. The zero-order chi connectivity index (χ0) is 22.6. The van der Waals surface area contributed by atoms with E-state index in [0.29, 0.717) is 23.2 Å². The zero-order valence-corrected chi connectivity index (χ0v) is 18.0. The minimum absolute atomic E-state index is 0.0113. The van der Waals surface area contributed by atoms with Crippen LogP contribution < -0.4 is 5.32 Å². The fraction of sp³-hybridized carbons (Fsp3) is 0.192. The fourth-order valence-electron chi connectivity index (χ4n) is 4.41. The average Bonchev–Trinajstić information content (AvgIpc) is 3.44. The predicted molar refractivity (Wildman–Crippen MR) is 126 cm³/mol. The first-order valence-electron chi connectivity index (χ1n) is 10.9. The lowest BCUT2D eigenvalue weighted by atomic mass is 9.99. The molecule has 2 amide bonds. The lowest BCUT2D eigenvalue weighted by Crippen LogP contribution is -2.27. The van der Waals surface area contributed by atoms with Gasteiger partial charge in [-0.25, -0.2) is 4.98 Å². The van der Waals surface area contributed by atoms with Gasteiger partial charge in [-0.1, -0.05) is 6.08 Å². The van der Waals surface area contributed by atoms with Crippen LogP contribution in [-0.2, 0) is 4.79 Å². The Morgan fingerprint density at radius 3 is 2.61 bits per heavy atom. The number of pyridine rings is 3. The summed E-state index contributed by atoms with van der Waals surface area (Å²) in [4.78, 5) is 39.1. The fourth-order valence-corrected chi connectivity index (χ4v) is 4.41. The molecule has 2 unspecified atom stereocenters. The summed E-state index contributed by atoms with van der Waals surface area (Å²) in [6.45, 7) is 1.52. The van der Waals surface area contributed by atoms with Crippen LogP contribution in [0.15, 0.2) is 79.5 Å². The van der Waals surface area contributed by atoms with Crippen molar-refractivity contribution in [2.75, 3.05) is 18.4 Å². The van der Waals surface area contributed by atoms with Crippen molar-refractivity contribution in [1.82, 2.24) is 19.9 Å². The van der Waals surface area contributed by atoms with E-state index in [2.05, 4.69) is 26.3 Å². The van der Waals surface area contributed by atoms with Crippen LogP contribution in [0.2, 0.25) is 0 Å². The Kier molecular flexibility index (Phi) is 5.76. The average molecular weight is 438 g/mol. The van der Waals surface area contributed by atoms with Crippen molar-refractivity contribution in [3.8, 4) is 0 Å². The second-order valence-corrected chi connectivity index (χ2v) is 8.31. The first-order valence-corrected chi connectivity index (χ1v) is 10.9. The molecule has 0 saturated carbocycles. The van der Waals surface area contributed by atoms with Gasteiger partial charge in [-0.2, -0.15) is 0 Å². The maximum atomic E-state index is 12.7. The summed E-state index contributed by atoms with van der Waals surface area (Å²) in [5.41, 5.74) is 3.84. The second-order valence-electron chi connectivity index (χ2n) is 8.31. The third kappa shape index (κ3) is 4.72. The van der Waals surface area contributed by atoms with E-state index in [-0.39, 0.29) is 11.8 Å². The van der Waals surface area contributed by atoms with Crippen LogP contribution in [-0.4, -0.2) is 44.8 Å². The largest absolute Gasteiger partial charge is 0.338 e. The molecule has 3 aromatic rings. The quantitative estimate of drug-likeness (QED) is 0.615. The number of hydrogen-bond acceptors (Lipinski definition) is 5. The summed E-state index contributed by atoms with van der Waals surface area (Å²) in [7, 11) is 0. The van der Waals surface area contributed by atoms with E-state index in [1.807, 2.05) is 35.5 Å². The maximum Gasteiger partial charge on any atom is 0.258 e. The van der Waals surface area contributed by atoms with Crippen LogP contribution in [0.1, 0.15) is 27.9 Å². The summed E-state index contributed by atoms with van der Waals surface area (Å²) in [5, 5.41) is 2.73. The number of likely N-dealkylation sites (tertiary alicyclic amines) is 1. The number of amides is 2. The molecular weight excluding hydrogens is 414 g/mol. The number of aromatic nitrogens is 3. The molecule has 2 aliphatic rings. The lowest BCUT2D eigenvalue weighted by molar-refractivity contribution is -0.125. The van der Waals surface area contributed by atoms with Crippen LogP contribution in [0.25, 0.3) is 11.6 Å². The Hall–Kier alpha value is -4.13. The summed E-state index contributed by atoms with van der Waals surface area (Å²) < 4.78 is 0. The smallest absolute Gasteiger partial charge is 0.258 e. The number of allylic oxidation sites excluding steroid dienone is 1. The Bertz CT molecular complexity index is 1210. The SMILES string of the molecule is O=C(Nc1ccc(/C=C/C(=O)N2CC3C=C(c4ccncc4)CC3C2)cn1)c1cccnc1. The monoisotopic (exact) mass is 437 g/mol. The van der Waals surface area contributed by atoms with E-state index < -0.39 is 0 Å². The van der Waals surface area contributed by atoms with Crippen LogP contribution in [0.4, 0.5) is 5.82 Å². The van der Waals surface area contributed by atoms with Gasteiger partial charge >= 0.3 is 0 Å². The minimum atomic E-state index is -0.269. The van der Waals surface area contributed by atoms with Crippen LogP contribution in [0, 0.1) is 11.8 Å². The van der Waals surface area contributed by atoms with Gasteiger partial charge in [0.2, 0.25) is 5.91 Å². The van der Waals surface area contributed by atoms with E-state index in [1.54, 1.807) is 42.7 Å². The molecule has 0 spiro atoms. The number of fused-ring (bicyclic) bond motifs is 1. The number of rotatable bonds is 5. The summed E-state index contributed by atoms with van der Waals surface area (Å²) in [6.07, 6.45) is 15.1. The highest BCUT2D eigenvalue weighted by Crippen LogP contribution is 2.40. The standard InChI is InChI=1S/C26H23N5O2/c32-25(31-16-22-12-21(13-23(22)17-31)19-7-10-27-11-8-19)6-4-18-3-5-24(29-14-18)30-26(33)20-2-1-9-28-15-20/h1-12,14-15,22-23H,13,16-17H2,(H,29,30,33)/b6-4+. The van der Waals surface area contributed by atoms with Crippen molar-refractivity contribution in [2.24, 2.45) is 11.8 Å². The minimum Gasteiger partial charge on any atom is -0.338 e. The molecule has 0 aromatic carbocycles. The topological polar surface area (TPSA) is 88.1 Å². The second kappa shape index (κ2) is 9.16. The molecule has 7 heteroatoms. The molecule has 1 fully saturated rings. The summed E-state index contributed by atoms with van der Waals surface area (Å²) >= 11 is 0. The molecule has 164 valence electrons. The van der Waals surface area contributed by atoms with Gasteiger partial charge in [-0.15, -0.1) is 0 Å². The van der Waals surface area contributed by atoms with Crippen molar-refractivity contribution in [1.29, 1.82) is 0 Å². The molecule has 3 aromatic heterocycles. The van der Waals surface area contributed by atoms with Crippen molar-refractivity contribution in [3.05, 3.63) is 96.2 Å². The highest BCUT2D eigenvalue weighted by Gasteiger charge is 2.37. The molecule has 7 nitrogen and oxygen atoms in total. The molecule has 1 aliphatic heterocycles. The number of anilines is 1. The normalized spacial score (nSPS) is 19.4. The van der Waals surface area contributed by atoms with Crippen molar-refractivity contribution < 1.29 is 9.59 Å². The highest BCUT2D eigenvalue weighted by molar-refractivity contribution is 6.03. The Morgan fingerprint density at radius 1 is 1.00 bits per heavy atom. The molecule has 0 bridgehead atoms. The molecule has 0 radical (unpaired) electrons. The van der Waals surface area contributed by atoms with Crippen molar-refractivity contribution in [3.63, 3.8) is 0 Å². The van der Waals surface area contributed by atoms with Gasteiger partial charge < -0.3 is 10.2 Å². The predicted octanol–water partition coefficient (Wildman–Crippen LogP) is 3.70. The third-order valence-corrected chi connectivity index (χ3v) is 6.12. The van der Waals surface area contributed by atoms with Gasteiger partial charge in [0.15, 0.2) is 0 Å². The van der Waals surface area contributed by atoms with Crippen LogP contribution in [0.5, 0.6) is 0 Å². The number of nitrogens with zero attached hydrogens (tertiary/aromatic N) is 4. The highest BCUT2D eigenvalue weighted by atomic mass is 16.2. The molecule has 1 saturated heterocycles. The van der Waals surface area contributed by atoms with E-state index in [9.17, 15) is 9.59 Å². The number of nitrogens with one attached hydrogen (secondary N) is 1. The maximum absolute atomic E-state index is 12.7. The van der Waals surface area contributed by atoms with E-state index in [4.69, 9.17) is 0 Å². The third-order valence-electron chi connectivity index (χ3n) is 6.12. The molecule has 4 heterocycles. The van der Waals surface area contributed by atoms with E-state index in [1.165, 1.54) is 17.3 Å². The Labute approximate surface area is 191 Å². The Balaban J connectivity index is 1.16. The van der Waals surface area contributed by atoms with Crippen LogP contribution in [0.3, 0.4) is 0 Å². The van der Waals surface area contributed by atoms with Crippen molar-refractivity contribution in [2.45, 2.75) is 6.42 Å². The number of carbonyl (C=O) groups excluding carboxylic acids is 2. The Morgan fingerprint density at radius 2 is 1.88 bits per heavy atom. The van der Waals surface area contributed by atoms with Gasteiger partial charge in [0.25, 0.3) is 5.91 Å². The van der Waals surface area contributed by atoms with Gasteiger partial charge in [-0.05, 0) is 77.4 Å². The summed E-state index contributed by atoms with van der Waals surface area (Å²) in [5.74, 6) is 1.08. The summed E-state index contributed by atoms with van der Waals surface area (Å²) in [6, 6.07) is 11.0. The van der Waals surface area contributed by atoms with E-state index in [0.717, 1.165) is 25.1 Å². The molecule has 1 aliphatic carbocycles. The first-order chi connectivity index (χ1) is 16.2. The van der Waals surface area contributed by atoms with Crippen LogP contribution >= 0.6 is 0 Å². The first kappa shape index (κ1) is 20.8. The van der Waals surface area contributed by atoms with Gasteiger partial charge in [0.1, 0.15) is 5.82 Å². The molecule has 33 heavy (non-hydrogen) atoms. The van der Waals surface area contributed by atoms with E-state index >= 15 is 0 Å². The lowest BCUT2D eigenvalue weighted by Gasteiger charge is -2.15. The van der Waals surface area contributed by atoms with Gasteiger partial charge in [0.05, 0.1) is 5.56 Å². The van der Waals surface area contributed by atoms with Crippen molar-refractivity contribution >= 4 is 29.3 Å². The molecule has 5 rings (SSSR count). The van der Waals surface area contributed by atoms with Gasteiger partial charge in [-0.3, -0.25) is 19.6 Å².